The molecule has 4 nitrogen and oxygen atoms in total. The Labute approximate surface area is 124 Å². The van der Waals surface area contributed by atoms with Gasteiger partial charge in [0.05, 0.1) is 19.3 Å². The van der Waals surface area contributed by atoms with Crippen molar-refractivity contribution in [2.24, 2.45) is 0 Å². The highest BCUT2D eigenvalue weighted by Crippen LogP contribution is 2.16. The molecule has 0 aromatic carbocycles. The summed E-state index contributed by atoms with van der Waals surface area (Å²) in [5, 5.41) is 0. The summed E-state index contributed by atoms with van der Waals surface area (Å²) in [5.74, 6) is 0. The van der Waals surface area contributed by atoms with E-state index in [1.807, 2.05) is 0 Å². The second-order valence-electron chi connectivity index (χ2n) is 6.49. The highest BCUT2D eigenvalue weighted by Gasteiger charge is 2.22. The van der Waals surface area contributed by atoms with Gasteiger partial charge in [-0.15, -0.1) is 0 Å². The van der Waals surface area contributed by atoms with E-state index in [0.717, 1.165) is 39.3 Å². The van der Waals surface area contributed by atoms with Crippen LogP contribution in [0.2, 0.25) is 0 Å². The van der Waals surface area contributed by atoms with Crippen molar-refractivity contribution >= 4 is 0 Å². The third-order valence-corrected chi connectivity index (χ3v) is 4.77. The minimum absolute atomic E-state index is 0.488. The first kappa shape index (κ1) is 16.2. The van der Waals surface area contributed by atoms with Crippen LogP contribution in [0.1, 0.15) is 40.0 Å². The quantitative estimate of drug-likeness (QED) is 0.745. The molecule has 4 heteroatoms. The van der Waals surface area contributed by atoms with Gasteiger partial charge in [-0.1, -0.05) is 0 Å². The number of ether oxygens (including phenoxy) is 2. The van der Waals surface area contributed by atoms with Crippen LogP contribution >= 0.6 is 0 Å². The van der Waals surface area contributed by atoms with Crippen molar-refractivity contribution in [3.05, 3.63) is 0 Å². The Bertz CT molecular complexity index is 259. The summed E-state index contributed by atoms with van der Waals surface area (Å²) < 4.78 is 11.5. The van der Waals surface area contributed by atoms with Crippen LogP contribution in [-0.2, 0) is 9.47 Å². The van der Waals surface area contributed by atoms with Crippen LogP contribution in [0.5, 0.6) is 0 Å². The van der Waals surface area contributed by atoms with Gasteiger partial charge in [-0.2, -0.15) is 0 Å². The van der Waals surface area contributed by atoms with E-state index >= 15 is 0 Å². The number of hydrogen-bond acceptors (Lipinski definition) is 4. The van der Waals surface area contributed by atoms with Crippen molar-refractivity contribution in [3.8, 4) is 0 Å². The van der Waals surface area contributed by atoms with Gasteiger partial charge in [0.2, 0.25) is 0 Å². The Morgan fingerprint density at radius 2 is 1.65 bits per heavy atom. The molecular formula is C16H32N2O2. The molecule has 1 atom stereocenters. The van der Waals surface area contributed by atoms with E-state index in [4.69, 9.17) is 9.47 Å². The van der Waals surface area contributed by atoms with Gasteiger partial charge in [0, 0.05) is 44.9 Å². The summed E-state index contributed by atoms with van der Waals surface area (Å²) in [6.07, 6.45) is 4.03. The van der Waals surface area contributed by atoms with Gasteiger partial charge in [-0.05, 0) is 40.0 Å². The second kappa shape index (κ2) is 8.32. The van der Waals surface area contributed by atoms with Gasteiger partial charge >= 0.3 is 0 Å². The van der Waals surface area contributed by atoms with Crippen molar-refractivity contribution in [1.29, 1.82) is 0 Å². The zero-order chi connectivity index (χ0) is 14.4. The lowest BCUT2D eigenvalue weighted by Crippen LogP contribution is -2.43. The number of likely N-dealkylation sites (tertiary alicyclic amines) is 1. The van der Waals surface area contributed by atoms with Crippen molar-refractivity contribution in [1.82, 2.24) is 9.80 Å². The Morgan fingerprint density at radius 3 is 2.25 bits per heavy atom. The molecule has 2 fully saturated rings. The molecule has 2 aliphatic heterocycles. The highest BCUT2D eigenvalue weighted by atomic mass is 16.5. The number of piperidine rings is 1. The van der Waals surface area contributed by atoms with Gasteiger partial charge in [0.25, 0.3) is 0 Å². The van der Waals surface area contributed by atoms with Crippen LogP contribution in [0.4, 0.5) is 0 Å². The second-order valence-corrected chi connectivity index (χ2v) is 6.49. The zero-order valence-electron chi connectivity index (χ0n) is 13.5. The third kappa shape index (κ3) is 4.99. The fourth-order valence-electron chi connectivity index (χ4n) is 3.16. The third-order valence-electron chi connectivity index (χ3n) is 4.77. The molecule has 0 amide bonds. The maximum absolute atomic E-state index is 6.09. The predicted molar refractivity (Wildman–Crippen MR) is 82.2 cm³/mol. The van der Waals surface area contributed by atoms with Crippen LogP contribution < -0.4 is 0 Å². The molecule has 0 N–H and O–H groups in total. The topological polar surface area (TPSA) is 24.9 Å². The lowest BCUT2D eigenvalue weighted by Gasteiger charge is -2.35. The molecule has 118 valence electrons. The van der Waals surface area contributed by atoms with Gasteiger partial charge in [-0.25, -0.2) is 0 Å². The van der Waals surface area contributed by atoms with E-state index in [1.54, 1.807) is 0 Å². The molecule has 1 unspecified atom stereocenters. The molecule has 2 rings (SSSR count). The smallest absolute Gasteiger partial charge is 0.0599 e. The summed E-state index contributed by atoms with van der Waals surface area (Å²) in [6, 6.07) is 1.30. The summed E-state index contributed by atoms with van der Waals surface area (Å²) in [7, 11) is 0. The Kier molecular flexibility index (Phi) is 6.75. The fraction of sp³-hybridized carbons (Fsp3) is 1.00. The summed E-state index contributed by atoms with van der Waals surface area (Å²) in [6.45, 7) is 14.1. The van der Waals surface area contributed by atoms with Gasteiger partial charge in [0.1, 0.15) is 0 Å². The molecule has 2 saturated heterocycles. The molecule has 0 aromatic rings. The maximum atomic E-state index is 6.09. The summed E-state index contributed by atoms with van der Waals surface area (Å²) in [5.41, 5.74) is 0. The highest BCUT2D eigenvalue weighted by molar-refractivity contribution is 4.75. The molecule has 0 bridgehead atoms. The van der Waals surface area contributed by atoms with Crippen LogP contribution in [0.15, 0.2) is 0 Å². The largest absolute Gasteiger partial charge is 0.379 e. The molecule has 0 radical (unpaired) electrons. The molecule has 0 spiro atoms. The van der Waals surface area contributed by atoms with Crippen LogP contribution in [0.25, 0.3) is 0 Å². The first-order valence-electron chi connectivity index (χ1n) is 8.34. The molecule has 2 heterocycles. The zero-order valence-corrected chi connectivity index (χ0v) is 13.5. The molecule has 0 aromatic heterocycles. The average molecular weight is 284 g/mol. The Hall–Kier alpha value is -0.160. The molecule has 0 saturated carbocycles. The van der Waals surface area contributed by atoms with E-state index in [2.05, 4.69) is 30.6 Å². The average Bonchev–Trinajstić information content (AvgIpc) is 2.48. The van der Waals surface area contributed by atoms with Crippen LogP contribution in [0, 0.1) is 0 Å². The van der Waals surface area contributed by atoms with Crippen molar-refractivity contribution in [3.63, 3.8) is 0 Å². The number of nitrogens with zero attached hydrogens (tertiary/aromatic N) is 2. The lowest BCUT2D eigenvalue weighted by atomic mass is 10.1. The number of hydrogen-bond donors (Lipinski definition) is 0. The normalized spacial score (nSPS) is 25.2. The molecule has 20 heavy (non-hydrogen) atoms. The van der Waals surface area contributed by atoms with Gasteiger partial charge in [0.15, 0.2) is 0 Å². The van der Waals surface area contributed by atoms with Crippen LogP contribution in [0.3, 0.4) is 0 Å². The van der Waals surface area contributed by atoms with E-state index in [1.165, 1.54) is 25.9 Å². The van der Waals surface area contributed by atoms with E-state index in [9.17, 15) is 0 Å². The van der Waals surface area contributed by atoms with Crippen molar-refractivity contribution in [2.75, 3.05) is 46.0 Å². The minimum Gasteiger partial charge on any atom is -0.379 e. The van der Waals surface area contributed by atoms with Crippen LogP contribution in [-0.4, -0.2) is 74.0 Å². The number of rotatable bonds is 6. The number of morpholine rings is 1. The summed E-state index contributed by atoms with van der Waals surface area (Å²) in [4.78, 5) is 5.07. The SMILES string of the molecule is CC(C)N1CCC(OCCC(C)N2CCOCC2)CC1. The molecule has 2 aliphatic rings. The predicted octanol–water partition coefficient (Wildman–Crippen LogP) is 1.99. The first-order valence-corrected chi connectivity index (χ1v) is 8.34. The van der Waals surface area contributed by atoms with E-state index in [0.29, 0.717) is 18.2 Å². The summed E-state index contributed by atoms with van der Waals surface area (Å²) >= 11 is 0. The van der Waals surface area contributed by atoms with E-state index in [-0.39, 0.29) is 0 Å². The minimum atomic E-state index is 0.488. The standard InChI is InChI=1S/C16H32N2O2/c1-14(2)17-7-4-16(5-8-17)20-11-6-15(3)18-9-12-19-13-10-18/h14-16H,4-13H2,1-3H3. The fourth-order valence-corrected chi connectivity index (χ4v) is 3.16. The Balaban J connectivity index is 1.57. The van der Waals surface area contributed by atoms with Gasteiger partial charge in [-0.3, -0.25) is 4.90 Å². The molecular weight excluding hydrogens is 252 g/mol. The monoisotopic (exact) mass is 284 g/mol. The first-order chi connectivity index (χ1) is 9.66. The van der Waals surface area contributed by atoms with Gasteiger partial charge < -0.3 is 14.4 Å². The van der Waals surface area contributed by atoms with Crippen molar-refractivity contribution < 1.29 is 9.47 Å². The lowest BCUT2D eigenvalue weighted by molar-refractivity contribution is -0.0179. The Morgan fingerprint density at radius 1 is 1.00 bits per heavy atom. The maximum Gasteiger partial charge on any atom is 0.0599 e. The van der Waals surface area contributed by atoms with Crippen molar-refractivity contribution in [2.45, 2.75) is 58.2 Å². The molecule has 0 aliphatic carbocycles. The van der Waals surface area contributed by atoms with E-state index < -0.39 is 0 Å².